The highest BCUT2D eigenvalue weighted by molar-refractivity contribution is 7.99. The van der Waals surface area contributed by atoms with Crippen molar-refractivity contribution >= 4 is 29.6 Å². The molecule has 3 nitrogen and oxygen atoms in total. The van der Waals surface area contributed by atoms with Gasteiger partial charge in [-0.25, -0.2) is 0 Å². The summed E-state index contributed by atoms with van der Waals surface area (Å²) in [5.41, 5.74) is 1.36. The smallest absolute Gasteiger partial charge is 0.154 e. The van der Waals surface area contributed by atoms with Crippen molar-refractivity contribution in [3.63, 3.8) is 0 Å². The van der Waals surface area contributed by atoms with Crippen LogP contribution < -0.4 is 0 Å². The lowest BCUT2D eigenvalue weighted by molar-refractivity contribution is 0.112. The third kappa shape index (κ3) is 2.37. The number of aromatic nitrogens is 2. The highest BCUT2D eigenvalue weighted by atomic mass is 35.5. The van der Waals surface area contributed by atoms with Crippen molar-refractivity contribution in [2.75, 3.05) is 0 Å². The first-order chi connectivity index (χ1) is 8.13. The summed E-state index contributed by atoms with van der Waals surface area (Å²) in [6, 6.07) is 7.54. The third-order valence-electron chi connectivity index (χ3n) is 2.38. The number of nitrogens with zero attached hydrogens (tertiary/aromatic N) is 2. The molecule has 0 aliphatic carbocycles. The lowest BCUT2D eigenvalue weighted by Gasteiger charge is -2.04. The highest BCUT2D eigenvalue weighted by Crippen LogP contribution is 2.34. The fraction of sp³-hybridized carbons (Fsp3) is 0.167. The molecule has 1 heterocycles. The summed E-state index contributed by atoms with van der Waals surface area (Å²) in [4.78, 5) is 12.0. The Kier molecular flexibility index (Phi) is 3.54. The zero-order valence-electron chi connectivity index (χ0n) is 9.48. The number of rotatable bonds is 3. The van der Waals surface area contributed by atoms with Crippen LogP contribution in [-0.4, -0.2) is 16.1 Å². The summed E-state index contributed by atoms with van der Waals surface area (Å²) in [5.74, 6) is 0. The van der Waals surface area contributed by atoms with E-state index in [1.54, 1.807) is 4.68 Å². The molecule has 0 saturated carbocycles. The van der Waals surface area contributed by atoms with Crippen molar-refractivity contribution in [1.29, 1.82) is 0 Å². The molecule has 0 bridgehead atoms. The van der Waals surface area contributed by atoms with E-state index in [2.05, 4.69) is 5.10 Å². The topological polar surface area (TPSA) is 34.9 Å². The van der Waals surface area contributed by atoms with Crippen LogP contribution >= 0.6 is 23.4 Å². The molecule has 0 atom stereocenters. The van der Waals surface area contributed by atoms with Gasteiger partial charge in [-0.1, -0.05) is 35.5 Å². The van der Waals surface area contributed by atoms with Gasteiger partial charge in [0.1, 0.15) is 5.03 Å². The van der Waals surface area contributed by atoms with Gasteiger partial charge in [0.2, 0.25) is 0 Å². The normalized spacial score (nSPS) is 10.5. The van der Waals surface area contributed by atoms with Crippen LogP contribution in [0.4, 0.5) is 0 Å². The van der Waals surface area contributed by atoms with Gasteiger partial charge < -0.3 is 0 Å². The maximum atomic E-state index is 11.0. The van der Waals surface area contributed by atoms with Crippen molar-refractivity contribution < 1.29 is 4.79 Å². The molecule has 1 aromatic heterocycles. The minimum absolute atomic E-state index is 0.623. The van der Waals surface area contributed by atoms with Crippen LogP contribution in [0, 0.1) is 6.92 Å². The maximum absolute atomic E-state index is 11.0. The average Bonchev–Trinajstić information content (AvgIpc) is 2.56. The van der Waals surface area contributed by atoms with Crippen LogP contribution in [0.1, 0.15) is 16.1 Å². The summed E-state index contributed by atoms with van der Waals surface area (Å²) in [6.07, 6.45) is 0.835. The van der Waals surface area contributed by atoms with E-state index in [4.69, 9.17) is 11.6 Å². The first kappa shape index (κ1) is 12.2. The predicted molar refractivity (Wildman–Crippen MR) is 68.9 cm³/mol. The molecule has 0 radical (unpaired) electrons. The first-order valence-electron chi connectivity index (χ1n) is 5.04. The Hall–Kier alpha value is -1.26. The Labute approximate surface area is 109 Å². The quantitative estimate of drug-likeness (QED) is 0.799. The van der Waals surface area contributed by atoms with Crippen LogP contribution in [0.3, 0.4) is 0 Å². The van der Waals surface area contributed by atoms with Crippen molar-refractivity contribution in [2.45, 2.75) is 16.8 Å². The van der Waals surface area contributed by atoms with Gasteiger partial charge >= 0.3 is 0 Å². The second-order valence-electron chi connectivity index (χ2n) is 3.58. The standard InChI is InChI=1S/C12H11ClN2OS/c1-8-9(7-16)12(15(2)14-8)17-11-6-4-3-5-10(11)13/h3-7H,1-2H3. The Bertz CT molecular complexity index is 566. The van der Waals surface area contributed by atoms with Gasteiger partial charge in [0.15, 0.2) is 6.29 Å². The monoisotopic (exact) mass is 266 g/mol. The number of hydrogen-bond acceptors (Lipinski definition) is 3. The lowest BCUT2D eigenvalue weighted by Crippen LogP contribution is -1.93. The molecule has 0 saturated heterocycles. The third-order valence-corrected chi connectivity index (χ3v) is 4.07. The average molecular weight is 267 g/mol. The summed E-state index contributed by atoms with van der Waals surface area (Å²) < 4.78 is 1.70. The second-order valence-corrected chi connectivity index (χ2v) is 5.02. The molecule has 5 heteroatoms. The number of aryl methyl sites for hydroxylation is 2. The van der Waals surface area contributed by atoms with E-state index < -0.39 is 0 Å². The Morgan fingerprint density at radius 1 is 1.41 bits per heavy atom. The van der Waals surface area contributed by atoms with Crippen LogP contribution in [0.5, 0.6) is 0 Å². The van der Waals surface area contributed by atoms with Gasteiger partial charge in [-0.05, 0) is 19.1 Å². The number of carbonyl (C=O) groups excluding carboxylic acids is 1. The van der Waals surface area contributed by atoms with Crippen molar-refractivity contribution in [2.24, 2.45) is 7.05 Å². The molecular formula is C12H11ClN2OS. The zero-order valence-corrected chi connectivity index (χ0v) is 11.0. The van der Waals surface area contributed by atoms with E-state index in [0.717, 1.165) is 21.9 Å². The molecule has 2 aromatic rings. The molecule has 0 fully saturated rings. The van der Waals surface area contributed by atoms with E-state index in [0.29, 0.717) is 10.6 Å². The molecule has 0 spiro atoms. The van der Waals surface area contributed by atoms with Crippen LogP contribution in [0.25, 0.3) is 0 Å². The number of halogens is 1. The van der Waals surface area contributed by atoms with Crippen molar-refractivity contribution in [3.8, 4) is 0 Å². The van der Waals surface area contributed by atoms with Gasteiger partial charge in [0.25, 0.3) is 0 Å². The maximum Gasteiger partial charge on any atom is 0.154 e. The molecule has 1 aromatic carbocycles. The molecule has 0 amide bonds. The lowest BCUT2D eigenvalue weighted by atomic mass is 10.3. The predicted octanol–water partition coefficient (Wildman–Crippen LogP) is 3.35. The van der Waals surface area contributed by atoms with Crippen LogP contribution in [0.15, 0.2) is 34.2 Å². The van der Waals surface area contributed by atoms with E-state index >= 15 is 0 Å². The van der Waals surface area contributed by atoms with Crippen LogP contribution in [-0.2, 0) is 7.05 Å². The van der Waals surface area contributed by atoms with E-state index in [1.165, 1.54) is 11.8 Å². The second kappa shape index (κ2) is 4.94. The minimum atomic E-state index is 0.623. The zero-order chi connectivity index (χ0) is 12.4. The molecule has 88 valence electrons. The van der Waals surface area contributed by atoms with Gasteiger partial charge in [-0.15, -0.1) is 0 Å². The van der Waals surface area contributed by atoms with Crippen molar-refractivity contribution in [3.05, 3.63) is 40.5 Å². The summed E-state index contributed by atoms with van der Waals surface area (Å²) in [7, 11) is 1.82. The molecular weight excluding hydrogens is 256 g/mol. The van der Waals surface area contributed by atoms with Gasteiger partial charge in [-0.2, -0.15) is 5.10 Å². The molecule has 0 unspecified atom stereocenters. The van der Waals surface area contributed by atoms with E-state index in [9.17, 15) is 4.79 Å². The summed E-state index contributed by atoms with van der Waals surface area (Å²) >= 11 is 7.54. The van der Waals surface area contributed by atoms with E-state index in [-0.39, 0.29) is 0 Å². The molecule has 17 heavy (non-hydrogen) atoms. The Balaban J connectivity index is 2.43. The Morgan fingerprint density at radius 3 is 2.76 bits per heavy atom. The number of benzene rings is 1. The molecule has 0 aliphatic rings. The highest BCUT2D eigenvalue weighted by Gasteiger charge is 2.14. The number of hydrogen-bond donors (Lipinski definition) is 0. The van der Waals surface area contributed by atoms with Gasteiger partial charge in [0, 0.05) is 11.9 Å². The SMILES string of the molecule is Cc1nn(C)c(Sc2ccccc2Cl)c1C=O. The fourth-order valence-electron chi connectivity index (χ4n) is 1.54. The number of aldehydes is 1. The Morgan fingerprint density at radius 2 is 2.12 bits per heavy atom. The van der Waals surface area contributed by atoms with Gasteiger partial charge in [0.05, 0.1) is 16.3 Å². The molecule has 0 N–H and O–H groups in total. The number of carbonyl (C=O) groups is 1. The van der Waals surface area contributed by atoms with Crippen molar-refractivity contribution in [1.82, 2.24) is 9.78 Å². The molecule has 0 aliphatic heterocycles. The van der Waals surface area contributed by atoms with E-state index in [1.807, 2.05) is 38.2 Å². The largest absolute Gasteiger partial charge is 0.298 e. The van der Waals surface area contributed by atoms with Gasteiger partial charge in [-0.3, -0.25) is 9.48 Å². The fourth-order valence-corrected chi connectivity index (χ4v) is 2.79. The molecule has 2 rings (SSSR count). The minimum Gasteiger partial charge on any atom is -0.298 e. The summed E-state index contributed by atoms with van der Waals surface area (Å²) in [6.45, 7) is 1.82. The first-order valence-corrected chi connectivity index (χ1v) is 6.24. The van der Waals surface area contributed by atoms with Crippen LogP contribution in [0.2, 0.25) is 5.02 Å². The summed E-state index contributed by atoms with van der Waals surface area (Å²) in [5, 5.41) is 5.71.